The molecule has 1 aromatic rings. The Hall–Kier alpha value is -1.48. The first kappa shape index (κ1) is 13.0. The molecular weight excluding hydrogens is 250 g/mol. The fraction of sp³-hybridized carbons (Fsp3) is 0.357. The third kappa shape index (κ3) is 2.67. The van der Waals surface area contributed by atoms with E-state index in [0.717, 1.165) is 42.6 Å². The van der Waals surface area contributed by atoms with Crippen LogP contribution in [-0.2, 0) is 4.79 Å². The Morgan fingerprint density at radius 3 is 2.61 bits per heavy atom. The lowest BCUT2D eigenvalue weighted by molar-refractivity contribution is -0.116. The average Bonchev–Trinajstić information content (AvgIpc) is 2.60. The van der Waals surface area contributed by atoms with Gasteiger partial charge in [-0.3, -0.25) is 4.79 Å². The molecule has 1 aliphatic heterocycles. The van der Waals surface area contributed by atoms with E-state index in [1.165, 1.54) is 0 Å². The van der Waals surface area contributed by atoms with Gasteiger partial charge in [0.1, 0.15) is 10.9 Å². The van der Waals surface area contributed by atoms with E-state index in [4.69, 9.17) is 16.3 Å². The summed E-state index contributed by atoms with van der Waals surface area (Å²) in [6.07, 6.45) is 3.73. The van der Waals surface area contributed by atoms with Crippen LogP contribution in [-0.4, -0.2) is 25.0 Å². The summed E-state index contributed by atoms with van der Waals surface area (Å²) in [6, 6.07) is 7.76. The molecule has 0 spiro atoms. The van der Waals surface area contributed by atoms with Crippen LogP contribution in [0.4, 0.5) is 0 Å². The minimum Gasteiger partial charge on any atom is -0.497 e. The number of nitrogens with zero attached hydrogens (tertiary/aromatic N) is 1. The minimum absolute atomic E-state index is 0.549. The highest BCUT2D eigenvalue weighted by Crippen LogP contribution is 2.32. The number of halogens is 1. The van der Waals surface area contributed by atoms with Crippen molar-refractivity contribution in [1.29, 1.82) is 0 Å². The van der Waals surface area contributed by atoms with E-state index in [9.17, 15) is 4.79 Å². The molecule has 0 aromatic heterocycles. The lowest BCUT2D eigenvalue weighted by Crippen LogP contribution is -2.19. The molecule has 0 unspecified atom stereocenters. The van der Waals surface area contributed by atoms with Crippen molar-refractivity contribution in [2.75, 3.05) is 13.7 Å². The largest absolute Gasteiger partial charge is 0.497 e. The molecule has 0 fully saturated rings. The number of carbonyl (C=O) groups is 1. The second kappa shape index (κ2) is 5.91. The Morgan fingerprint density at radius 1 is 1.28 bits per heavy atom. The Morgan fingerprint density at radius 2 is 2.00 bits per heavy atom. The summed E-state index contributed by atoms with van der Waals surface area (Å²) in [6.45, 7) is 0.696. The van der Waals surface area contributed by atoms with E-state index >= 15 is 0 Å². The van der Waals surface area contributed by atoms with Crippen LogP contribution in [0.15, 0.2) is 29.4 Å². The van der Waals surface area contributed by atoms with Crippen molar-refractivity contribution in [1.82, 2.24) is 4.90 Å². The van der Waals surface area contributed by atoms with E-state index in [1.54, 1.807) is 12.0 Å². The summed E-state index contributed by atoms with van der Waals surface area (Å²) in [5.41, 5.74) is 2.08. The third-order valence-electron chi connectivity index (χ3n) is 3.14. The number of ether oxygens (including phenoxy) is 1. The van der Waals surface area contributed by atoms with Crippen molar-refractivity contribution in [2.24, 2.45) is 0 Å². The van der Waals surface area contributed by atoms with Gasteiger partial charge < -0.3 is 9.64 Å². The predicted molar refractivity (Wildman–Crippen MR) is 72.4 cm³/mol. The van der Waals surface area contributed by atoms with Crippen molar-refractivity contribution in [2.45, 2.75) is 19.3 Å². The fourth-order valence-corrected chi connectivity index (χ4v) is 2.44. The molecule has 0 radical (unpaired) electrons. The summed E-state index contributed by atoms with van der Waals surface area (Å²) >= 11 is 6.30. The Bertz CT molecular complexity index is 453. The standard InChI is InChI=1S/C14H16ClNO2/c1-18-12-7-5-11(6-8-12)13-4-2-3-9-16(10-17)14(13)15/h5-8,10H,2-4,9H2,1H3. The molecule has 1 heterocycles. The van der Waals surface area contributed by atoms with Crippen molar-refractivity contribution >= 4 is 23.6 Å². The zero-order valence-corrected chi connectivity index (χ0v) is 11.1. The van der Waals surface area contributed by atoms with E-state index < -0.39 is 0 Å². The van der Waals surface area contributed by atoms with Crippen LogP contribution in [0, 0.1) is 0 Å². The number of rotatable bonds is 3. The van der Waals surface area contributed by atoms with E-state index in [0.29, 0.717) is 11.7 Å². The van der Waals surface area contributed by atoms with Gasteiger partial charge in [-0.15, -0.1) is 0 Å². The van der Waals surface area contributed by atoms with Crippen LogP contribution in [0.1, 0.15) is 24.8 Å². The molecule has 0 atom stereocenters. The van der Waals surface area contributed by atoms with E-state index in [1.807, 2.05) is 24.3 Å². The van der Waals surface area contributed by atoms with Gasteiger partial charge in [-0.25, -0.2) is 0 Å². The lowest BCUT2D eigenvalue weighted by atomic mass is 10.0. The van der Waals surface area contributed by atoms with Crippen molar-refractivity contribution in [3.05, 3.63) is 35.0 Å². The number of benzene rings is 1. The molecular formula is C14H16ClNO2. The van der Waals surface area contributed by atoms with Gasteiger partial charge in [0.25, 0.3) is 0 Å². The normalized spacial score (nSPS) is 16.4. The number of methoxy groups -OCH3 is 1. The number of carbonyl (C=O) groups excluding carboxylic acids is 1. The Labute approximate surface area is 112 Å². The van der Waals surface area contributed by atoms with Gasteiger partial charge in [0, 0.05) is 6.54 Å². The summed E-state index contributed by atoms with van der Waals surface area (Å²) < 4.78 is 5.13. The van der Waals surface area contributed by atoms with Crippen LogP contribution < -0.4 is 4.74 Å². The highest BCUT2D eigenvalue weighted by Gasteiger charge is 2.17. The molecule has 1 aromatic carbocycles. The molecule has 0 bridgehead atoms. The fourth-order valence-electron chi connectivity index (χ4n) is 2.11. The Balaban J connectivity index is 2.35. The van der Waals surface area contributed by atoms with Crippen molar-refractivity contribution < 1.29 is 9.53 Å². The van der Waals surface area contributed by atoms with Crippen LogP contribution in [0.2, 0.25) is 0 Å². The molecule has 2 rings (SSSR count). The molecule has 1 aliphatic rings. The smallest absolute Gasteiger partial charge is 0.214 e. The average molecular weight is 266 g/mol. The Kier molecular flexibility index (Phi) is 4.26. The topological polar surface area (TPSA) is 29.5 Å². The second-order valence-corrected chi connectivity index (χ2v) is 4.61. The number of hydrogen-bond acceptors (Lipinski definition) is 2. The SMILES string of the molecule is COc1ccc(C2=C(Cl)N(C=O)CCCC2)cc1. The highest BCUT2D eigenvalue weighted by molar-refractivity contribution is 6.33. The summed E-state index contributed by atoms with van der Waals surface area (Å²) in [7, 11) is 1.64. The summed E-state index contributed by atoms with van der Waals surface area (Å²) in [4.78, 5) is 12.6. The van der Waals surface area contributed by atoms with Crippen LogP contribution >= 0.6 is 11.6 Å². The van der Waals surface area contributed by atoms with E-state index in [2.05, 4.69) is 0 Å². The highest BCUT2D eigenvalue weighted by atomic mass is 35.5. The zero-order chi connectivity index (χ0) is 13.0. The van der Waals surface area contributed by atoms with Gasteiger partial charge in [0.05, 0.1) is 7.11 Å². The molecule has 18 heavy (non-hydrogen) atoms. The third-order valence-corrected chi connectivity index (χ3v) is 3.59. The number of allylic oxidation sites excluding steroid dienone is 1. The second-order valence-electron chi connectivity index (χ2n) is 4.25. The molecule has 4 heteroatoms. The first-order valence-electron chi connectivity index (χ1n) is 6.01. The molecule has 1 amide bonds. The van der Waals surface area contributed by atoms with Gasteiger partial charge in [-0.1, -0.05) is 23.7 Å². The molecule has 0 saturated heterocycles. The molecule has 0 aliphatic carbocycles. The number of hydrogen-bond donors (Lipinski definition) is 0. The van der Waals surface area contributed by atoms with Crippen molar-refractivity contribution in [3.63, 3.8) is 0 Å². The van der Waals surface area contributed by atoms with Gasteiger partial charge in [0.2, 0.25) is 6.41 Å². The quantitative estimate of drug-likeness (QED) is 0.620. The molecule has 96 valence electrons. The van der Waals surface area contributed by atoms with Crippen LogP contribution in [0.25, 0.3) is 5.57 Å². The summed E-state index contributed by atoms with van der Waals surface area (Å²) in [5, 5.41) is 0.549. The number of amides is 1. The van der Waals surface area contributed by atoms with Gasteiger partial charge in [0.15, 0.2) is 0 Å². The maximum absolute atomic E-state index is 11.0. The van der Waals surface area contributed by atoms with Crippen molar-refractivity contribution in [3.8, 4) is 5.75 Å². The lowest BCUT2D eigenvalue weighted by Gasteiger charge is -2.16. The molecule has 0 N–H and O–H groups in total. The molecule has 3 nitrogen and oxygen atoms in total. The first-order chi connectivity index (χ1) is 8.76. The monoisotopic (exact) mass is 265 g/mol. The summed E-state index contributed by atoms with van der Waals surface area (Å²) in [5.74, 6) is 0.816. The van der Waals surface area contributed by atoms with Gasteiger partial charge in [-0.05, 0) is 42.5 Å². The van der Waals surface area contributed by atoms with Crippen LogP contribution in [0.5, 0.6) is 5.75 Å². The zero-order valence-electron chi connectivity index (χ0n) is 10.4. The maximum Gasteiger partial charge on any atom is 0.214 e. The van der Waals surface area contributed by atoms with Crippen LogP contribution in [0.3, 0.4) is 0 Å². The van der Waals surface area contributed by atoms with E-state index in [-0.39, 0.29) is 0 Å². The predicted octanol–water partition coefficient (Wildman–Crippen LogP) is 3.24. The maximum atomic E-state index is 11.0. The minimum atomic E-state index is 0.549. The molecule has 0 saturated carbocycles. The van der Waals surface area contributed by atoms with Gasteiger partial charge in [-0.2, -0.15) is 0 Å². The van der Waals surface area contributed by atoms with Gasteiger partial charge >= 0.3 is 0 Å². The first-order valence-corrected chi connectivity index (χ1v) is 6.39.